The highest BCUT2D eigenvalue weighted by Crippen LogP contribution is 2.27. The zero-order valence-corrected chi connectivity index (χ0v) is 8.82. The number of aromatic nitrogens is 2. The van der Waals surface area contributed by atoms with Gasteiger partial charge in [0.1, 0.15) is 0 Å². The summed E-state index contributed by atoms with van der Waals surface area (Å²) in [4.78, 5) is 0. The van der Waals surface area contributed by atoms with Crippen molar-refractivity contribution < 1.29 is 0 Å². The molecule has 14 heavy (non-hydrogen) atoms. The minimum Gasteiger partial charge on any atom is -0.324 e. The van der Waals surface area contributed by atoms with Crippen LogP contribution in [0.4, 0.5) is 0 Å². The van der Waals surface area contributed by atoms with Crippen LogP contribution in [0, 0.1) is 0 Å². The fourth-order valence-corrected chi connectivity index (χ4v) is 2.13. The smallest absolute Gasteiger partial charge is 0.0537 e. The predicted octanol–water partition coefficient (Wildman–Crippen LogP) is 2.41. The van der Waals surface area contributed by atoms with Crippen LogP contribution in [0.1, 0.15) is 56.7 Å². The van der Waals surface area contributed by atoms with Gasteiger partial charge < -0.3 is 5.73 Å². The normalized spacial score (nSPS) is 21.0. The van der Waals surface area contributed by atoms with Gasteiger partial charge in [-0.05, 0) is 19.8 Å². The number of hydrogen-bond donors (Lipinski definition) is 1. The molecule has 1 aliphatic carbocycles. The summed E-state index contributed by atoms with van der Waals surface area (Å²) in [6.45, 7) is 2.00. The van der Waals surface area contributed by atoms with E-state index in [0.29, 0.717) is 6.04 Å². The molecule has 1 aromatic heterocycles. The van der Waals surface area contributed by atoms with Gasteiger partial charge in [-0.1, -0.05) is 19.3 Å². The summed E-state index contributed by atoms with van der Waals surface area (Å²) < 4.78 is 2.11. The van der Waals surface area contributed by atoms with Gasteiger partial charge in [-0.2, -0.15) is 5.10 Å². The molecule has 0 unspecified atom stereocenters. The van der Waals surface area contributed by atoms with Crippen molar-refractivity contribution in [1.29, 1.82) is 0 Å². The van der Waals surface area contributed by atoms with Crippen LogP contribution in [0.25, 0.3) is 0 Å². The van der Waals surface area contributed by atoms with E-state index >= 15 is 0 Å². The third kappa shape index (κ3) is 1.98. The molecule has 78 valence electrons. The van der Waals surface area contributed by atoms with Crippen molar-refractivity contribution in [3.63, 3.8) is 0 Å². The quantitative estimate of drug-likeness (QED) is 0.783. The fraction of sp³-hybridized carbons (Fsp3) is 0.727. The van der Waals surface area contributed by atoms with Crippen LogP contribution < -0.4 is 5.73 Å². The van der Waals surface area contributed by atoms with Gasteiger partial charge in [-0.15, -0.1) is 0 Å². The molecule has 1 heterocycles. The molecule has 2 N–H and O–H groups in total. The first kappa shape index (κ1) is 9.71. The molecular formula is C11H19N3. The highest BCUT2D eigenvalue weighted by Gasteiger charge is 2.16. The molecule has 0 aliphatic heterocycles. The van der Waals surface area contributed by atoms with E-state index < -0.39 is 0 Å². The van der Waals surface area contributed by atoms with E-state index in [9.17, 15) is 0 Å². The molecular weight excluding hydrogens is 174 g/mol. The van der Waals surface area contributed by atoms with E-state index in [2.05, 4.69) is 16.0 Å². The standard InChI is InChI=1S/C11H19N3/c1-9(12)10-7-13-14(8-10)11-5-3-2-4-6-11/h7-9,11H,2-6,12H2,1H3/t9-/m1/s1. The van der Waals surface area contributed by atoms with E-state index in [0.717, 1.165) is 5.56 Å². The Bertz CT molecular complexity index is 284. The Kier molecular flexibility index (Phi) is 2.87. The first-order valence-corrected chi connectivity index (χ1v) is 5.57. The van der Waals surface area contributed by atoms with Gasteiger partial charge in [0, 0.05) is 17.8 Å². The third-order valence-corrected chi connectivity index (χ3v) is 3.10. The second kappa shape index (κ2) is 4.13. The lowest BCUT2D eigenvalue weighted by molar-refractivity contribution is 0.329. The molecule has 0 saturated heterocycles. The molecule has 1 atom stereocenters. The Morgan fingerprint density at radius 1 is 1.43 bits per heavy atom. The van der Waals surface area contributed by atoms with Crippen LogP contribution in [0.3, 0.4) is 0 Å². The summed E-state index contributed by atoms with van der Waals surface area (Å²) in [6, 6.07) is 0.726. The summed E-state index contributed by atoms with van der Waals surface area (Å²) in [5, 5.41) is 4.40. The Labute approximate surface area is 85.3 Å². The SMILES string of the molecule is C[C@@H](N)c1cnn(C2CCCCC2)c1. The van der Waals surface area contributed by atoms with Crippen molar-refractivity contribution in [1.82, 2.24) is 9.78 Å². The molecule has 0 aromatic carbocycles. The lowest BCUT2D eigenvalue weighted by atomic mass is 9.96. The van der Waals surface area contributed by atoms with Crippen molar-refractivity contribution >= 4 is 0 Å². The first-order chi connectivity index (χ1) is 6.77. The highest BCUT2D eigenvalue weighted by atomic mass is 15.3. The Morgan fingerprint density at radius 3 is 2.71 bits per heavy atom. The van der Waals surface area contributed by atoms with Crippen molar-refractivity contribution in [3.05, 3.63) is 18.0 Å². The lowest BCUT2D eigenvalue weighted by Gasteiger charge is -2.21. The van der Waals surface area contributed by atoms with Crippen molar-refractivity contribution in [3.8, 4) is 0 Å². The minimum absolute atomic E-state index is 0.104. The molecule has 3 heteroatoms. The molecule has 3 nitrogen and oxygen atoms in total. The fourth-order valence-electron chi connectivity index (χ4n) is 2.13. The first-order valence-electron chi connectivity index (χ1n) is 5.57. The number of hydrogen-bond acceptors (Lipinski definition) is 2. The Hall–Kier alpha value is -0.830. The topological polar surface area (TPSA) is 43.8 Å². The summed E-state index contributed by atoms with van der Waals surface area (Å²) in [7, 11) is 0. The highest BCUT2D eigenvalue weighted by molar-refractivity contribution is 5.08. The maximum Gasteiger partial charge on any atom is 0.0537 e. The van der Waals surface area contributed by atoms with Gasteiger partial charge in [0.25, 0.3) is 0 Å². The van der Waals surface area contributed by atoms with Crippen molar-refractivity contribution in [2.45, 2.75) is 51.1 Å². The van der Waals surface area contributed by atoms with E-state index in [-0.39, 0.29) is 6.04 Å². The van der Waals surface area contributed by atoms with Gasteiger partial charge in [-0.3, -0.25) is 4.68 Å². The zero-order chi connectivity index (χ0) is 9.97. The van der Waals surface area contributed by atoms with E-state index in [1.54, 1.807) is 0 Å². The van der Waals surface area contributed by atoms with Crippen molar-refractivity contribution in [2.24, 2.45) is 5.73 Å². The van der Waals surface area contributed by atoms with Crippen LogP contribution in [-0.2, 0) is 0 Å². The third-order valence-electron chi connectivity index (χ3n) is 3.10. The predicted molar refractivity (Wildman–Crippen MR) is 57.0 cm³/mol. The van der Waals surface area contributed by atoms with Gasteiger partial charge in [-0.25, -0.2) is 0 Å². The summed E-state index contributed by atoms with van der Waals surface area (Å²) in [6.07, 6.45) is 10.6. The molecule has 0 amide bonds. The molecule has 1 fully saturated rings. The summed E-state index contributed by atoms with van der Waals surface area (Å²) in [5.74, 6) is 0. The number of nitrogens with two attached hydrogens (primary N) is 1. The minimum atomic E-state index is 0.104. The average Bonchev–Trinajstić information content (AvgIpc) is 2.68. The van der Waals surface area contributed by atoms with Crippen LogP contribution in [0.2, 0.25) is 0 Å². The van der Waals surface area contributed by atoms with Crippen LogP contribution in [0.15, 0.2) is 12.4 Å². The second-order valence-corrected chi connectivity index (χ2v) is 4.33. The van der Waals surface area contributed by atoms with Gasteiger partial charge in [0.2, 0.25) is 0 Å². The van der Waals surface area contributed by atoms with Gasteiger partial charge in [0.05, 0.1) is 12.2 Å². The van der Waals surface area contributed by atoms with E-state index in [1.165, 1.54) is 32.1 Å². The second-order valence-electron chi connectivity index (χ2n) is 4.33. The average molecular weight is 193 g/mol. The number of nitrogens with zero attached hydrogens (tertiary/aromatic N) is 2. The Balaban J connectivity index is 2.07. The van der Waals surface area contributed by atoms with Gasteiger partial charge in [0.15, 0.2) is 0 Å². The van der Waals surface area contributed by atoms with Gasteiger partial charge >= 0.3 is 0 Å². The molecule has 0 radical (unpaired) electrons. The molecule has 2 rings (SSSR count). The molecule has 1 saturated carbocycles. The van der Waals surface area contributed by atoms with Crippen LogP contribution in [-0.4, -0.2) is 9.78 Å². The summed E-state index contributed by atoms with van der Waals surface area (Å²) in [5.41, 5.74) is 6.95. The van der Waals surface area contributed by atoms with Crippen molar-refractivity contribution in [2.75, 3.05) is 0 Å². The number of rotatable bonds is 2. The Morgan fingerprint density at radius 2 is 2.14 bits per heavy atom. The molecule has 1 aliphatic rings. The van der Waals surface area contributed by atoms with E-state index in [4.69, 9.17) is 5.73 Å². The molecule has 1 aromatic rings. The lowest BCUT2D eigenvalue weighted by Crippen LogP contribution is -2.13. The zero-order valence-electron chi connectivity index (χ0n) is 8.82. The summed E-state index contributed by atoms with van der Waals surface area (Å²) >= 11 is 0. The largest absolute Gasteiger partial charge is 0.324 e. The monoisotopic (exact) mass is 193 g/mol. The van der Waals surface area contributed by atoms with E-state index in [1.807, 2.05) is 13.1 Å². The molecule has 0 bridgehead atoms. The maximum atomic E-state index is 5.80. The molecule has 0 spiro atoms. The van der Waals surface area contributed by atoms with Crippen LogP contribution in [0.5, 0.6) is 0 Å². The maximum absolute atomic E-state index is 5.80. The van der Waals surface area contributed by atoms with Crippen LogP contribution >= 0.6 is 0 Å².